The summed E-state index contributed by atoms with van der Waals surface area (Å²) in [6.07, 6.45) is 3.22. The second-order valence-electron chi connectivity index (χ2n) is 6.00. The third kappa shape index (κ3) is 2.42. The molecule has 0 radical (unpaired) electrons. The number of rotatable bonds is 4. The van der Waals surface area contributed by atoms with Crippen molar-refractivity contribution >= 4 is 16.9 Å². The lowest BCUT2D eigenvalue weighted by atomic mass is 9.84. The Morgan fingerprint density at radius 1 is 1.35 bits per heavy atom. The monoisotopic (exact) mass is 271 g/mol. The van der Waals surface area contributed by atoms with E-state index in [1.54, 1.807) is 0 Å². The van der Waals surface area contributed by atoms with E-state index < -0.39 is 0 Å². The van der Waals surface area contributed by atoms with Gasteiger partial charge < -0.3 is 10.3 Å². The summed E-state index contributed by atoms with van der Waals surface area (Å²) in [4.78, 5) is 20.1. The van der Waals surface area contributed by atoms with E-state index in [2.05, 4.69) is 29.1 Å². The molecule has 1 aromatic carbocycles. The van der Waals surface area contributed by atoms with Gasteiger partial charge in [0.1, 0.15) is 5.82 Å². The summed E-state index contributed by atoms with van der Waals surface area (Å²) in [7, 11) is 0. The number of benzene rings is 1. The molecule has 0 bridgehead atoms. The molecule has 0 aliphatic heterocycles. The van der Waals surface area contributed by atoms with Gasteiger partial charge in [-0.1, -0.05) is 32.4 Å². The molecule has 1 aliphatic carbocycles. The Bertz CT molecular complexity index is 580. The minimum absolute atomic E-state index is 0.0458. The van der Waals surface area contributed by atoms with Crippen molar-refractivity contribution < 1.29 is 4.79 Å². The molecule has 106 valence electrons. The summed E-state index contributed by atoms with van der Waals surface area (Å²) < 4.78 is 0. The van der Waals surface area contributed by atoms with Gasteiger partial charge in [0.15, 0.2) is 0 Å². The second kappa shape index (κ2) is 5.27. The van der Waals surface area contributed by atoms with E-state index in [0.29, 0.717) is 5.92 Å². The predicted octanol–water partition coefficient (Wildman–Crippen LogP) is 3.18. The van der Waals surface area contributed by atoms with Crippen molar-refractivity contribution in [1.82, 2.24) is 15.3 Å². The maximum absolute atomic E-state index is 12.2. The smallest absolute Gasteiger partial charge is 0.223 e. The van der Waals surface area contributed by atoms with Crippen molar-refractivity contribution in [3.63, 3.8) is 0 Å². The molecule has 1 aromatic heterocycles. The van der Waals surface area contributed by atoms with Crippen LogP contribution in [0.1, 0.15) is 45.0 Å². The summed E-state index contributed by atoms with van der Waals surface area (Å²) in [5.74, 6) is 1.55. The number of imidazole rings is 1. The fraction of sp³-hybridized carbons (Fsp3) is 0.500. The average molecular weight is 271 g/mol. The number of nitrogens with one attached hydrogen (secondary N) is 2. The van der Waals surface area contributed by atoms with E-state index in [1.807, 2.05) is 24.3 Å². The fourth-order valence-electron chi connectivity index (χ4n) is 2.61. The van der Waals surface area contributed by atoms with Crippen LogP contribution in [0.15, 0.2) is 24.3 Å². The average Bonchev–Trinajstić information content (AvgIpc) is 2.76. The van der Waals surface area contributed by atoms with Gasteiger partial charge >= 0.3 is 0 Å². The van der Waals surface area contributed by atoms with Crippen LogP contribution in [0.25, 0.3) is 11.0 Å². The molecule has 4 nitrogen and oxygen atoms in total. The van der Waals surface area contributed by atoms with Crippen LogP contribution < -0.4 is 5.32 Å². The zero-order valence-electron chi connectivity index (χ0n) is 12.0. The summed E-state index contributed by atoms with van der Waals surface area (Å²) in [6, 6.07) is 7.92. The SMILES string of the molecule is CC(C)[C@H](NC(=O)C1CCC1)c1nc2ccccc2[nH]1. The molecule has 2 N–H and O–H groups in total. The fourth-order valence-corrected chi connectivity index (χ4v) is 2.61. The number of aromatic nitrogens is 2. The van der Waals surface area contributed by atoms with Crippen molar-refractivity contribution in [1.29, 1.82) is 0 Å². The van der Waals surface area contributed by atoms with E-state index in [0.717, 1.165) is 29.7 Å². The number of hydrogen-bond acceptors (Lipinski definition) is 2. The first kappa shape index (κ1) is 13.2. The Morgan fingerprint density at radius 3 is 2.70 bits per heavy atom. The summed E-state index contributed by atoms with van der Waals surface area (Å²) in [5.41, 5.74) is 1.97. The first-order valence-corrected chi connectivity index (χ1v) is 7.40. The van der Waals surface area contributed by atoms with Gasteiger partial charge in [0.25, 0.3) is 0 Å². The molecule has 1 saturated carbocycles. The largest absolute Gasteiger partial charge is 0.346 e. The molecule has 20 heavy (non-hydrogen) atoms. The number of aromatic amines is 1. The van der Waals surface area contributed by atoms with Gasteiger partial charge in [-0.2, -0.15) is 0 Å². The van der Waals surface area contributed by atoms with Crippen molar-refractivity contribution in [2.45, 2.75) is 39.2 Å². The topological polar surface area (TPSA) is 57.8 Å². The molecule has 1 fully saturated rings. The lowest BCUT2D eigenvalue weighted by Crippen LogP contribution is -2.39. The molecular formula is C16H21N3O. The highest BCUT2D eigenvalue weighted by molar-refractivity contribution is 5.80. The maximum Gasteiger partial charge on any atom is 0.223 e. The maximum atomic E-state index is 12.2. The molecule has 1 atom stereocenters. The highest BCUT2D eigenvalue weighted by Gasteiger charge is 2.29. The molecule has 0 unspecified atom stereocenters. The Balaban J connectivity index is 1.83. The van der Waals surface area contributed by atoms with E-state index in [-0.39, 0.29) is 17.9 Å². The van der Waals surface area contributed by atoms with Crippen molar-refractivity contribution in [3.05, 3.63) is 30.1 Å². The van der Waals surface area contributed by atoms with Crippen molar-refractivity contribution in [2.75, 3.05) is 0 Å². The van der Waals surface area contributed by atoms with Gasteiger partial charge in [0.2, 0.25) is 5.91 Å². The van der Waals surface area contributed by atoms with E-state index in [1.165, 1.54) is 6.42 Å². The van der Waals surface area contributed by atoms with Crippen LogP contribution in [0.3, 0.4) is 0 Å². The van der Waals surface area contributed by atoms with Gasteiger partial charge in [-0.25, -0.2) is 4.98 Å². The van der Waals surface area contributed by atoms with Crippen LogP contribution in [0.5, 0.6) is 0 Å². The van der Waals surface area contributed by atoms with Gasteiger partial charge in [0.05, 0.1) is 17.1 Å². The van der Waals surface area contributed by atoms with Crippen LogP contribution in [0, 0.1) is 11.8 Å². The highest BCUT2D eigenvalue weighted by Crippen LogP contribution is 2.28. The Kier molecular flexibility index (Phi) is 3.47. The van der Waals surface area contributed by atoms with Gasteiger partial charge in [-0.05, 0) is 30.9 Å². The lowest BCUT2D eigenvalue weighted by molar-refractivity contribution is -0.128. The third-order valence-electron chi connectivity index (χ3n) is 4.14. The number of para-hydroxylation sites is 2. The van der Waals surface area contributed by atoms with Gasteiger partial charge in [0, 0.05) is 5.92 Å². The molecule has 0 saturated heterocycles. The Morgan fingerprint density at radius 2 is 2.10 bits per heavy atom. The number of nitrogens with zero attached hydrogens (tertiary/aromatic N) is 1. The molecule has 4 heteroatoms. The van der Waals surface area contributed by atoms with Crippen molar-refractivity contribution in [2.24, 2.45) is 11.8 Å². The molecule has 1 aliphatic rings. The number of fused-ring (bicyclic) bond motifs is 1. The standard InChI is InChI=1S/C16H21N3O/c1-10(2)14(19-16(20)11-6-5-7-11)15-17-12-8-3-4-9-13(12)18-15/h3-4,8-11,14H,5-7H2,1-2H3,(H,17,18)(H,19,20)/t14-/m0/s1. The normalized spacial score (nSPS) is 17.1. The van der Waals surface area contributed by atoms with Gasteiger partial charge in [-0.3, -0.25) is 4.79 Å². The van der Waals surface area contributed by atoms with Crippen LogP contribution in [-0.2, 0) is 4.79 Å². The number of carbonyl (C=O) groups is 1. The minimum Gasteiger partial charge on any atom is -0.346 e. The number of amides is 1. The molecule has 1 amide bonds. The predicted molar refractivity (Wildman–Crippen MR) is 79.2 cm³/mol. The van der Waals surface area contributed by atoms with Crippen LogP contribution in [0.4, 0.5) is 0 Å². The van der Waals surface area contributed by atoms with Crippen molar-refractivity contribution in [3.8, 4) is 0 Å². The Labute approximate surface area is 119 Å². The van der Waals surface area contributed by atoms with E-state index in [4.69, 9.17) is 0 Å². The zero-order valence-corrected chi connectivity index (χ0v) is 12.0. The highest BCUT2D eigenvalue weighted by atomic mass is 16.2. The van der Waals surface area contributed by atoms with Crippen LogP contribution in [0.2, 0.25) is 0 Å². The van der Waals surface area contributed by atoms with E-state index >= 15 is 0 Å². The molecule has 2 aromatic rings. The number of hydrogen-bond donors (Lipinski definition) is 2. The first-order valence-electron chi connectivity index (χ1n) is 7.40. The Hall–Kier alpha value is -1.84. The van der Waals surface area contributed by atoms with Crippen LogP contribution in [-0.4, -0.2) is 15.9 Å². The van der Waals surface area contributed by atoms with E-state index in [9.17, 15) is 4.79 Å². The first-order chi connectivity index (χ1) is 9.65. The lowest BCUT2D eigenvalue weighted by Gasteiger charge is -2.28. The quantitative estimate of drug-likeness (QED) is 0.897. The van der Waals surface area contributed by atoms with Gasteiger partial charge in [-0.15, -0.1) is 0 Å². The number of carbonyl (C=O) groups excluding carboxylic acids is 1. The summed E-state index contributed by atoms with van der Waals surface area (Å²) in [6.45, 7) is 4.22. The summed E-state index contributed by atoms with van der Waals surface area (Å²) in [5, 5.41) is 3.16. The van der Waals surface area contributed by atoms with Crippen LogP contribution >= 0.6 is 0 Å². The molecular weight excluding hydrogens is 250 g/mol. The third-order valence-corrected chi connectivity index (χ3v) is 4.14. The zero-order chi connectivity index (χ0) is 14.1. The molecule has 0 spiro atoms. The molecule has 1 heterocycles. The molecule has 3 rings (SSSR count). The summed E-state index contributed by atoms with van der Waals surface area (Å²) >= 11 is 0. The second-order valence-corrected chi connectivity index (χ2v) is 6.00. The minimum atomic E-state index is -0.0458. The number of H-pyrrole nitrogens is 1.